The zero-order chi connectivity index (χ0) is 17.6. The van der Waals surface area contributed by atoms with Crippen LogP contribution < -0.4 is 5.32 Å². The van der Waals surface area contributed by atoms with E-state index < -0.39 is 0 Å². The number of nitrogens with zero attached hydrogens (tertiary/aromatic N) is 1. The summed E-state index contributed by atoms with van der Waals surface area (Å²) < 4.78 is 0. The Morgan fingerprint density at radius 1 is 1.16 bits per heavy atom. The first-order valence-corrected chi connectivity index (χ1v) is 9.26. The van der Waals surface area contributed by atoms with E-state index in [9.17, 15) is 4.79 Å². The van der Waals surface area contributed by atoms with Crippen LogP contribution in [0.15, 0.2) is 54.6 Å². The molecule has 0 saturated carbocycles. The van der Waals surface area contributed by atoms with Gasteiger partial charge in [-0.15, -0.1) is 0 Å². The summed E-state index contributed by atoms with van der Waals surface area (Å²) >= 11 is 0. The van der Waals surface area contributed by atoms with Gasteiger partial charge < -0.3 is 5.32 Å². The second-order valence-electron chi connectivity index (χ2n) is 7.04. The maximum Gasteiger partial charge on any atom is 0.237 e. The molecule has 3 heteroatoms. The highest BCUT2D eigenvalue weighted by Crippen LogP contribution is 2.30. The molecule has 2 aromatic rings. The minimum atomic E-state index is -0.0650. The lowest BCUT2D eigenvalue weighted by Crippen LogP contribution is -2.44. The van der Waals surface area contributed by atoms with Crippen molar-refractivity contribution in [3.63, 3.8) is 0 Å². The molecule has 3 nitrogen and oxygen atoms in total. The van der Waals surface area contributed by atoms with E-state index in [0.29, 0.717) is 12.5 Å². The van der Waals surface area contributed by atoms with E-state index in [1.807, 2.05) is 25.1 Å². The monoisotopic (exact) mass is 336 g/mol. The van der Waals surface area contributed by atoms with Crippen molar-refractivity contribution in [1.29, 1.82) is 0 Å². The summed E-state index contributed by atoms with van der Waals surface area (Å²) in [5.41, 5.74) is 4.05. The molecule has 0 aliphatic carbocycles. The van der Waals surface area contributed by atoms with Crippen molar-refractivity contribution in [3.05, 3.63) is 71.3 Å². The smallest absolute Gasteiger partial charge is 0.237 e. The molecule has 1 fully saturated rings. The Bertz CT molecular complexity index is 698. The number of aryl methyl sites for hydroxylation is 1. The topological polar surface area (TPSA) is 32.3 Å². The molecule has 2 unspecified atom stereocenters. The van der Waals surface area contributed by atoms with Crippen LogP contribution in [0.5, 0.6) is 0 Å². The van der Waals surface area contributed by atoms with Crippen LogP contribution >= 0.6 is 0 Å². The lowest BCUT2D eigenvalue weighted by molar-refractivity contribution is -0.125. The molecule has 0 radical (unpaired) electrons. The van der Waals surface area contributed by atoms with Crippen molar-refractivity contribution < 1.29 is 4.79 Å². The molecule has 1 heterocycles. The van der Waals surface area contributed by atoms with Crippen molar-refractivity contribution in [3.8, 4) is 0 Å². The summed E-state index contributed by atoms with van der Waals surface area (Å²) in [6.07, 6.45) is 2.01. The maximum atomic E-state index is 12.5. The lowest BCUT2D eigenvalue weighted by atomic mass is 9.94. The minimum absolute atomic E-state index is 0.0650. The van der Waals surface area contributed by atoms with Crippen LogP contribution in [0.2, 0.25) is 0 Å². The zero-order valence-electron chi connectivity index (χ0n) is 15.2. The van der Waals surface area contributed by atoms with Gasteiger partial charge in [-0.1, -0.05) is 54.6 Å². The number of hydrogen-bond acceptors (Lipinski definition) is 2. The second kappa shape index (κ2) is 8.30. The van der Waals surface area contributed by atoms with Gasteiger partial charge in [0.2, 0.25) is 5.91 Å². The van der Waals surface area contributed by atoms with E-state index in [1.54, 1.807) is 0 Å². The molecular formula is C22H28N2O. The predicted molar refractivity (Wildman–Crippen MR) is 103 cm³/mol. The zero-order valence-corrected chi connectivity index (χ0v) is 15.2. The van der Waals surface area contributed by atoms with Crippen molar-refractivity contribution in [1.82, 2.24) is 10.2 Å². The Kier molecular flexibility index (Phi) is 5.87. The minimum Gasteiger partial charge on any atom is -0.354 e. The van der Waals surface area contributed by atoms with E-state index in [-0.39, 0.29) is 11.9 Å². The normalized spacial score (nSPS) is 18.9. The largest absolute Gasteiger partial charge is 0.354 e. The van der Waals surface area contributed by atoms with Gasteiger partial charge in [0.25, 0.3) is 0 Å². The fourth-order valence-electron chi connectivity index (χ4n) is 3.73. The van der Waals surface area contributed by atoms with Gasteiger partial charge in [-0.3, -0.25) is 9.69 Å². The summed E-state index contributed by atoms with van der Waals surface area (Å²) in [5, 5.41) is 3.09. The summed E-state index contributed by atoms with van der Waals surface area (Å²) in [6, 6.07) is 18.8. The molecule has 132 valence electrons. The van der Waals surface area contributed by atoms with Gasteiger partial charge in [0.1, 0.15) is 0 Å². The van der Waals surface area contributed by atoms with Crippen LogP contribution in [0, 0.1) is 6.92 Å². The number of amides is 1. The first-order valence-electron chi connectivity index (χ1n) is 9.26. The Hall–Kier alpha value is -2.13. The second-order valence-corrected chi connectivity index (χ2v) is 7.04. The van der Waals surface area contributed by atoms with E-state index >= 15 is 0 Å². The summed E-state index contributed by atoms with van der Waals surface area (Å²) in [5.74, 6) is 0.683. The molecule has 1 aliphatic heterocycles. The highest BCUT2D eigenvalue weighted by Gasteiger charge is 2.30. The van der Waals surface area contributed by atoms with Crippen LogP contribution in [0.1, 0.15) is 36.0 Å². The number of nitrogens with one attached hydrogen (secondary N) is 1. The van der Waals surface area contributed by atoms with E-state index in [1.165, 1.54) is 16.7 Å². The molecule has 2 atom stereocenters. The van der Waals surface area contributed by atoms with Crippen LogP contribution in [-0.4, -0.2) is 36.5 Å². The maximum absolute atomic E-state index is 12.5. The predicted octanol–water partition coefficient (Wildman–Crippen LogP) is 3.53. The van der Waals surface area contributed by atoms with Crippen molar-refractivity contribution >= 4 is 5.91 Å². The first-order chi connectivity index (χ1) is 12.1. The molecule has 1 saturated heterocycles. The molecule has 0 aromatic heterocycles. The lowest BCUT2D eigenvalue weighted by Gasteiger charge is -2.24. The summed E-state index contributed by atoms with van der Waals surface area (Å²) in [6.45, 7) is 6.86. The van der Waals surface area contributed by atoms with E-state index in [4.69, 9.17) is 0 Å². The van der Waals surface area contributed by atoms with Gasteiger partial charge in [-0.05, 0) is 55.8 Å². The van der Waals surface area contributed by atoms with Crippen molar-refractivity contribution in [2.45, 2.75) is 38.6 Å². The Balaban J connectivity index is 1.49. The van der Waals surface area contributed by atoms with Gasteiger partial charge in [0.05, 0.1) is 6.04 Å². The van der Waals surface area contributed by atoms with E-state index in [0.717, 1.165) is 25.9 Å². The fraction of sp³-hybridized carbons (Fsp3) is 0.409. The van der Waals surface area contributed by atoms with Crippen LogP contribution in [0.25, 0.3) is 0 Å². The molecule has 1 N–H and O–H groups in total. The van der Waals surface area contributed by atoms with Crippen molar-refractivity contribution in [2.75, 3.05) is 19.6 Å². The quantitative estimate of drug-likeness (QED) is 0.875. The Morgan fingerprint density at radius 2 is 1.88 bits per heavy atom. The number of hydrogen-bond donors (Lipinski definition) is 1. The SMILES string of the molecule is Cc1ccccc1C1CCN(C(C)C(=O)NCCc2ccccc2)C1. The van der Waals surface area contributed by atoms with Crippen LogP contribution in [-0.2, 0) is 11.2 Å². The van der Waals surface area contributed by atoms with Crippen molar-refractivity contribution in [2.24, 2.45) is 0 Å². The first kappa shape index (κ1) is 17.7. The summed E-state index contributed by atoms with van der Waals surface area (Å²) in [7, 11) is 0. The average molecular weight is 336 g/mol. The average Bonchev–Trinajstić information content (AvgIpc) is 3.12. The number of carbonyl (C=O) groups excluding carboxylic acids is 1. The summed E-state index contributed by atoms with van der Waals surface area (Å²) in [4.78, 5) is 14.8. The van der Waals surface area contributed by atoms with Crippen LogP contribution in [0.4, 0.5) is 0 Å². The number of benzene rings is 2. The van der Waals surface area contributed by atoms with Gasteiger partial charge in [-0.25, -0.2) is 0 Å². The highest BCUT2D eigenvalue weighted by molar-refractivity contribution is 5.81. The van der Waals surface area contributed by atoms with Crippen LogP contribution in [0.3, 0.4) is 0 Å². The van der Waals surface area contributed by atoms with Gasteiger partial charge in [0.15, 0.2) is 0 Å². The Morgan fingerprint density at radius 3 is 2.64 bits per heavy atom. The molecule has 1 aliphatic rings. The molecule has 1 amide bonds. The molecule has 3 rings (SSSR count). The molecule has 0 spiro atoms. The highest BCUT2D eigenvalue weighted by atomic mass is 16.2. The third kappa shape index (κ3) is 4.49. The Labute approximate surface area is 151 Å². The third-order valence-electron chi connectivity index (χ3n) is 5.33. The number of likely N-dealkylation sites (tertiary alicyclic amines) is 1. The molecule has 0 bridgehead atoms. The standard InChI is InChI=1S/C22H28N2O/c1-17-8-6-7-11-21(17)20-13-15-24(16-20)18(2)22(25)23-14-12-19-9-4-3-5-10-19/h3-11,18,20H,12-16H2,1-2H3,(H,23,25). The number of rotatable bonds is 6. The molecule has 2 aromatic carbocycles. The third-order valence-corrected chi connectivity index (χ3v) is 5.33. The number of carbonyl (C=O) groups is 1. The van der Waals surface area contributed by atoms with E-state index in [2.05, 4.69) is 53.5 Å². The van der Waals surface area contributed by atoms with Gasteiger partial charge in [0, 0.05) is 13.1 Å². The molecule has 25 heavy (non-hydrogen) atoms. The van der Waals surface area contributed by atoms with Gasteiger partial charge in [-0.2, -0.15) is 0 Å². The molecular weight excluding hydrogens is 308 g/mol. The van der Waals surface area contributed by atoms with Gasteiger partial charge >= 0.3 is 0 Å². The fourth-order valence-corrected chi connectivity index (χ4v) is 3.73.